The Kier molecular flexibility index (Phi) is 8.48. The van der Waals surface area contributed by atoms with Crippen LogP contribution in [0.25, 0.3) is 22.2 Å². The fourth-order valence-corrected chi connectivity index (χ4v) is 5.77. The molecule has 0 radical (unpaired) electrons. The van der Waals surface area contributed by atoms with E-state index in [1.807, 2.05) is 12.1 Å². The number of primary sulfonamides is 1. The lowest BCUT2D eigenvalue weighted by atomic mass is 10.00. The number of rotatable bonds is 12. The van der Waals surface area contributed by atoms with Crippen LogP contribution >= 0.6 is 0 Å². The van der Waals surface area contributed by atoms with Crippen molar-refractivity contribution in [2.24, 2.45) is 5.14 Å². The highest BCUT2D eigenvalue weighted by atomic mass is 32.2. The van der Waals surface area contributed by atoms with Gasteiger partial charge in [-0.25, -0.2) is 13.6 Å². The summed E-state index contributed by atoms with van der Waals surface area (Å²) in [5.74, 6) is -0.536. The number of nitrogens with one attached hydrogen (secondary N) is 2. The van der Waals surface area contributed by atoms with E-state index in [0.29, 0.717) is 36.5 Å². The van der Waals surface area contributed by atoms with Gasteiger partial charge in [0.2, 0.25) is 10.0 Å². The SMILES string of the molecule is NS(=O)(=O)c1cccc(-c2c(C3CC3)[nH]c3nnc(CCCCn4cc(C(=O)NCc5cccc(OC(F)(F)F)c5)nn4)cc23)c1. The van der Waals surface area contributed by atoms with Crippen molar-refractivity contribution < 1.29 is 31.1 Å². The van der Waals surface area contributed by atoms with E-state index in [1.54, 1.807) is 22.9 Å². The zero-order valence-corrected chi connectivity index (χ0v) is 25.1. The molecule has 3 heterocycles. The standard InChI is InChI=1S/C30H29F3N8O4S/c31-30(32,33)45-22-8-3-5-18(13-22)16-35-29(42)25-17-41(40-38-25)12-2-1-7-21-15-24-26(20-6-4-9-23(14-20)46(34,43)44)27(19-10-11-19)36-28(24)39-37-21/h3-6,8-9,13-15,17,19H,1-2,7,10-12,16H2,(H,35,42)(H,36,39)(H2,34,43,44). The number of nitrogens with two attached hydrogens (primary N) is 1. The average molecular weight is 655 g/mol. The van der Waals surface area contributed by atoms with E-state index in [0.717, 1.165) is 47.2 Å². The second-order valence-electron chi connectivity index (χ2n) is 11.1. The molecule has 4 N–H and O–H groups in total. The molecule has 6 rings (SSSR count). The Morgan fingerprint density at radius 2 is 1.87 bits per heavy atom. The molecule has 0 spiro atoms. The number of carbonyl (C=O) groups excluding carboxylic acids is 1. The van der Waals surface area contributed by atoms with Gasteiger partial charge in [-0.3, -0.25) is 9.48 Å². The number of hydrogen-bond acceptors (Lipinski definition) is 8. The Morgan fingerprint density at radius 3 is 2.63 bits per heavy atom. The molecule has 0 atom stereocenters. The van der Waals surface area contributed by atoms with E-state index < -0.39 is 22.3 Å². The fourth-order valence-electron chi connectivity index (χ4n) is 5.21. The lowest BCUT2D eigenvalue weighted by molar-refractivity contribution is -0.274. The normalized spacial score (nSPS) is 13.7. The van der Waals surface area contributed by atoms with Gasteiger partial charge < -0.3 is 15.0 Å². The molecule has 240 valence electrons. The first-order valence-corrected chi connectivity index (χ1v) is 16.0. The van der Waals surface area contributed by atoms with Crippen molar-refractivity contribution in [3.05, 3.63) is 83.4 Å². The average Bonchev–Trinajstić information content (AvgIpc) is 3.62. The molecule has 5 aromatic rings. The number of sulfonamides is 1. The van der Waals surface area contributed by atoms with Crippen LogP contribution in [0.3, 0.4) is 0 Å². The predicted octanol–water partition coefficient (Wildman–Crippen LogP) is 4.59. The summed E-state index contributed by atoms with van der Waals surface area (Å²) in [7, 11) is -3.87. The largest absolute Gasteiger partial charge is 0.573 e. The maximum atomic E-state index is 12.5. The van der Waals surface area contributed by atoms with Gasteiger partial charge in [0, 0.05) is 29.7 Å². The highest BCUT2D eigenvalue weighted by molar-refractivity contribution is 7.89. The molecule has 1 saturated carbocycles. The lowest BCUT2D eigenvalue weighted by Crippen LogP contribution is -2.23. The molecule has 3 aromatic heterocycles. The van der Waals surface area contributed by atoms with E-state index in [4.69, 9.17) is 5.14 Å². The molecule has 1 aliphatic rings. The second-order valence-corrected chi connectivity index (χ2v) is 12.6. The number of fused-ring (bicyclic) bond motifs is 1. The third-order valence-electron chi connectivity index (χ3n) is 7.50. The summed E-state index contributed by atoms with van der Waals surface area (Å²) in [5.41, 5.74) is 4.60. The summed E-state index contributed by atoms with van der Waals surface area (Å²) in [4.78, 5) is 16.0. The molecular formula is C30H29F3N8O4S. The highest BCUT2D eigenvalue weighted by Gasteiger charge is 2.31. The number of benzene rings is 2. The number of aromatic amines is 1. The highest BCUT2D eigenvalue weighted by Crippen LogP contribution is 2.46. The van der Waals surface area contributed by atoms with Crippen molar-refractivity contribution in [3.8, 4) is 16.9 Å². The molecule has 46 heavy (non-hydrogen) atoms. The summed E-state index contributed by atoms with van der Waals surface area (Å²) in [6.45, 7) is 0.475. The molecular weight excluding hydrogens is 625 g/mol. The first-order chi connectivity index (χ1) is 21.9. The van der Waals surface area contributed by atoms with Crippen LogP contribution in [-0.4, -0.2) is 50.9 Å². The van der Waals surface area contributed by atoms with Crippen molar-refractivity contribution in [3.63, 3.8) is 0 Å². The van der Waals surface area contributed by atoms with Crippen molar-refractivity contribution in [2.75, 3.05) is 0 Å². The molecule has 1 amide bonds. The minimum Gasteiger partial charge on any atom is -0.406 e. The Hall–Kier alpha value is -4.83. The number of aryl methyl sites for hydroxylation is 2. The maximum Gasteiger partial charge on any atom is 0.573 e. The van der Waals surface area contributed by atoms with Gasteiger partial charge in [0.1, 0.15) is 5.75 Å². The number of aromatic nitrogens is 6. The molecule has 0 aliphatic heterocycles. The van der Waals surface area contributed by atoms with E-state index in [1.165, 1.54) is 30.5 Å². The van der Waals surface area contributed by atoms with Gasteiger partial charge in [-0.2, -0.15) is 5.10 Å². The monoisotopic (exact) mass is 654 g/mol. The van der Waals surface area contributed by atoms with Gasteiger partial charge in [-0.15, -0.1) is 23.4 Å². The minimum absolute atomic E-state index is 0.0192. The van der Waals surface area contributed by atoms with Crippen LogP contribution in [0.2, 0.25) is 0 Å². The Morgan fingerprint density at radius 1 is 1.07 bits per heavy atom. The Bertz CT molecular complexity index is 2000. The third kappa shape index (κ3) is 7.51. The van der Waals surface area contributed by atoms with E-state index in [9.17, 15) is 26.4 Å². The quantitative estimate of drug-likeness (QED) is 0.164. The lowest BCUT2D eigenvalue weighted by Gasteiger charge is -2.10. The number of carbonyl (C=O) groups is 1. The predicted molar refractivity (Wildman–Crippen MR) is 160 cm³/mol. The minimum atomic E-state index is -4.81. The Balaban J connectivity index is 1.06. The van der Waals surface area contributed by atoms with Gasteiger partial charge in [0.05, 0.1) is 16.8 Å². The summed E-state index contributed by atoms with van der Waals surface area (Å²) in [6, 6.07) is 13.9. The van der Waals surface area contributed by atoms with Crippen molar-refractivity contribution in [2.45, 2.75) is 62.4 Å². The number of H-pyrrole nitrogens is 1. The van der Waals surface area contributed by atoms with Crippen LogP contribution in [-0.2, 0) is 29.5 Å². The van der Waals surface area contributed by atoms with E-state index in [-0.39, 0.29) is 22.9 Å². The van der Waals surface area contributed by atoms with Crippen LogP contribution in [0, 0.1) is 0 Å². The van der Waals surface area contributed by atoms with Crippen LogP contribution in [0.4, 0.5) is 13.2 Å². The van der Waals surface area contributed by atoms with Crippen LogP contribution in [0.1, 0.15) is 59.0 Å². The number of hydrogen-bond donors (Lipinski definition) is 3. The van der Waals surface area contributed by atoms with Gasteiger partial charge in [-0.1, -0.05) is 29.5 Å². The number of ether oxygens (including phenoxy) is 1. The number of alkyl halides is 3. The molecule has 0 saturated heterocycles. The van der Waals surface area contributed by atoms with Gasteiger partial charge >= 0.3 is 6.36 Å². The molecule has 0 unspecified atom stereocenters. The second kappa shape index (κ2) is 12.5. The van der Waals surface area contributed by atoms with E-state index >= 15 is 0 Å². The molecule has 1 fully saturated rings. The van der Waals surface area contributed by atoms with Crippen LogP contribution in [0.5, 0.6) is 5.75 Å². The van der Waals surface area contributed by atoms with Crippen molar-refractivity contribution >= 4 is 27.0 Å². The van der Waals surface area contributed by atoms with Crippen LogP contribution in [0.15, 0.2) is 65.7 Å². The summed E-state index contributed by atoms with van der Waals surface area (Å²) in [5, 5.41) is 25.6. The van der Waals surface area contributed by atoms with Gasteiger partial charge in [-0.05, 0) is 79.5 Å². The molecule has 12 nitrogen and oxygen atoms in total. The molecule has 0 bridgehead atoms. The summed E-state index contributed by atoms with van der Waals surface area (Å²) < 4.78 is 66.9. The van der Waals surface area contributed by atoms with E-state index in [2.05, 4.69) is 35.5 Å². The number of amides is 1. The van der Waals surface area contributed by atoms with Crippen molar-refractivity contribution in [1.29, 1.82) is 0 Å². The summed E-state index contributed by atoms with van der Waals surface area (Å²) >= 11 is 0. The van der Waals surface area contributed by atoms with Gasteiger partial charge in [0.25, 0.3) is 5.91 Å². The third-order valence-corrected chi connectivity index (χ3v) is 8.41. The smallest absolute Gasteiger partial charge is 0.406 e. The molecule has 16 heteroatoms. The zero-order chi connectivity index (χ0) is 32.5. The first kappa shape index (κ1) is 31.2. The maximum absolute atomic E-state index is 12.5. The Labute approximate surface area is 261 Å². The topological polar surface area (TPSA) is 171 Å². The van der Waals surface area contributed by atoms with Crippen LogP contribution < -0.4 is 15.2 Å². The summed E-state index contributed by atoms with van der Waals surface area (Å²) in [6.07, 6.45) is 0.854. The molecule has 1 aliphatic carbocycles. The first-order valence-electron chi connectivity index (χ1n) is 14.5. The zero-order valence-electron chi connectivity index (χ0n) is 24.3. The van der Waals surface area contributed by atoms with Gasteiger partial charge in [0.15, 0.2) is 11.3 Å². The molecule has 2 aromatic carbocycles. The number of nitrogens with zero attached hydrogens (tertiary/aromatic N) is 5. The number of unbranched alkanes of at least 4 members (excludes halogenated alkanes) is 1. The fraction of sp³-hybridized carbons (Fsp3) is 0.300. The van der Waals surface area contributed by atoms with Crippen molar-refractivity contribution in [1.82, 2.24) is 35.5 Å². The number of halogens is 3.